The van der Waals surface area contributed by atoms with E-state index in [9.17, 15) is 22.8 Å². The maximum Gasteiger partial charge on any atom is 0.417 e. The third-order valence-corrected chi connectivity index (χ3v) is 2.28. The van der Waals surface area contributed by atoms with Gasteiger partial charge in [0.25, 0.3) is 5.56 Å². The first kappa shape index (κ1) is 12.9. The third-order valence-electron chi connectivity index (χ3n) is 2.28. The lowest BCUT2D eigenvalue weighted by molar-refractivity contribution is -0.137. The largest absolute Gasteiger partial charge is 0.417 e. The zero-order valence-electron chi connectivity index (χ0n) is 9.21. The number of alkyl halides is 3. The van der Waals surface area contributed by atoms with Crippen molar-refractivity contribution in [3.05, 3.63) is 44.7 Å². The molecular weight excluding hydrogens is 265 g/mol. The van der Waals surface area contributed by atoms with Crippen molar-refractivity contribution in [1.29, 1.82) is 0 Å². The standard InChI is InChI=1S/C10H7F3N4O2/c11-10(12,13)5-1-7(14)15-3-4(5)6-2-8(18)17-9(19)16-6/h1-3H,(H2,14,15)(H2,16,17,18,19). The Morgan fingerprint density at radius 1 is 1.16 bits per heavy atom. The number of nitrogens with two attached hydrogens (primary N) is 1. The Kier molecular flexibility index (Phi) is 2.89. The summed E-state index contributed by atoms with van der Waals surface area (Å²) in [6.45, 7) is 0. The molecule has 0 fully saturated rings. The summed E-state index contributed by atoms with van der Waals surface area (Å²) >= 11 is 0. The number of nitrogen functional groups attached to an aromatic ring is 1. The summed E-state index contributed by atoms with van der Waals surface area (Å²) in [5.74, 6) is -0.316. The van der Waals surface area contributed by atoms with Gasteiger partial charge < -0.3 is 10.7 Å². The van der Waals surface area contributed by atoms with Crippen LogP contribution in [0.2, 0.25) is 0 Å². The Hall–Kier alpha value is -2.58. The van der Waals surface area contributed by atoms with Crippen molar-refractivity contribution in [1.82, 2.24) is 15.0 Å². The van der Waals surface area contributed by atoms with Crippen LogP contribution in [0.4, 0.5) is 19.0 Å². The Morgan fingerprint density at radius 3 is 2.42 bits per heavy atom. The molecule has 2 aromatic rings. The average Bonchev–Trinajstić information content (AvgIpc) is 2.26. The van der Waals surface area contributed by atoms with Crippen molar-refractivity contribution in [2.24, 2.45) is 0 Å². The fourth-order valence-corrected chi connectivity index (χ4v) is 1.53. The zero-order chi connectivity index (χ0) is 14.2. The molecule has 0 aromatic carbocycles. The molecule has 0 aliphatic rings. The van der Waals surface area contributed by atoms with E-state index in [1.807, 2.05) is 4.98 Å². The molecule has 2 aromatic heterocycles. The molecule has 0 atom stereocenters. The van der Waals surface area contributed by atoms with Gasteiger partial charge in [-0.15, -0.1) is 0 Å². The molecule has 0 amide bonds. The number of nitrogens with zero attached hydrogens (tertiary/aromatic N) is 1. The van der Waals surface area contributed by atoms with Gasteiger partial charge in [-0.25, -0.2) is 9.78 Å². The fourth-order valence-electron chi connectivity index (χ4n) is 1.53. The lowest BCUT2D eigenvalue weighted by atomic mass is 10.1. The Morgan fingerprint density at radius 2 is 1.84 bits per heavy atom. The van der Waals surface area contributed by atoms with E-state index in [1.165, 1.54) is 0 Å². The van der Waals surface area contributed by atoms with Gasteiger partial charge in [-0.2, -0.15) is 13.2 Å². The van der Waals surface area contributed by atoms with Crippen LogP contribution >= 0.6 is 0 Å². The molecule has 19 heavy (non-hydrogen) atoms. The first-order valence-electron chi connectivity index (χ1n) is 4.94. The summed E-state index contributed by atoms with van der Waals surface area (Å²) in [4.78, 5) is 29.7. The maximum atomic E-state index is 12.9. The van der Waals surface area contributed by atoms with E-state index in [-0.39, 0.29) is 11.5 Å². The van der Waals surface area contributed by atoms with Gasteiger partial charge in [-0.1, -0.05) is 0 Å². The highest BCUT2D eigenvalue weighted by atomic mass is 19.4. The molecule has 0 radical (unpaired) electrons. The van der Waals surface area contributed by atoms with Gasteiger partial charge in [-0.05, 0) is 6.07 Å². The quantitative estimate of drug-likeness (QED) is 0.711. The highest BCUT2D eigenvalue weighted by Gasteiger charge is 2.34. The summed E-state index contributed by atoms with van der Waals surface area (Å²) in [5.41, 5.74) is 1.69. The molecule has 9 heteroatoms. The first-order valence-corrected chi connectivity index (χ1v) is 4.94. The van der Waals surface area contributed by atoms with Crippen molar-refractivity contribution in [2.45, 2.75) is 6.18 Å². The van der Waals surface area contributed by atoms with Gasteiger partial charge in [0.05, 0.1) is 11.3 Å². The number of aromatic nitrogens is 3. The van der Waals surface area contributed by atoms with Crippen LogP contribution in [0.5, 0.6) is 0 Å². The van der Waals surface area contributed by atoms with Gasteiger partial charge in [0.1, 0.15) is 5.82 Å². The Balaban J connectivity index is 2.75. The predicted molar refractivity (Wildman–Crippen MR) is 60.3 cm³/mol. The van der Waals surface area contributed by atoms with Crippen LogP contribution in [0, 0.1) is 0 Å². The summed E-state index contributed by atoms with van der Waals surface area (Å²) < 4.78 is 38.6. The van der Waals surface area contributed by atoms with Crippen molar-refractivity contribution < 1.29 is 13.2 Å². The second kappa shape index (κ2) is 4.26. The lowest BCUT2D eigenvalue weighted by Gasteiger charge is -2.12. The second-order valence-electron chi connectivity index (χ2n) is 3.65. The van der Waals surface area contributed by atoms with Gasteiger partial charge in [0.15, 0.2) is 0 Å². The molecular formula is C10H7F3N4O2. The molecule has 0 unspecified atom stereocenters. The lowest BCUT2D eigenvalue weighted by Crippen LogP contribution is -2.22. The fraction of sp³-hybridized carbons (Fsp3) is 0.100. The van der Waals surface area contributed by atoms with E-state index >= 15 is 0 Å². The van der Waals surface area contributed by atoms with E-state index in [1.54, 1.807) is 0 Å². The number of hydrogen-bond donors (Lipinski definition) is 3. The minimum atomic E-state index is -4.69. The van der Waals surface area contributed by atoms with Crippen LogP contribution in [0.25, 0.3) is 11.3 Å². The molecule has 0 spiro atoms. The van der Waals surface area contributed by atoms with Gasteiger partial charge in [0.2, 0.25) is 0 Å². The summed E-state index contributed by atoms with van der Waals surface area (Å²) in [5, 5.41) is 0. The molecule has 0 aliphatic carbocycles. The van der Waals surface area contributed by atoms with Crippen molar-refractivity contribution in [3.63, 3.8) is 0 Å². The highest BCUT2D eigenvalue weighted by molar-refractivity contribution is 5.64. The summed E-state index contributed by atoms with van der Waals surface area (Å²) in [6.07, 6.45) is -3.84. The number of pyridine rings is 1. The predicted octanol–water partition coefficient (Wildman–Crippen LogP) is 0.726. The molecule has 100 valence electrons. The molecule has 2 heterocycles. The van der Waals surface area contributed by atoms with Crippen LogP contribution in [0.1, 0.15) is 5.56 Å². The Labute approximate surface area is 103 Å². The molecule has 4 N–H and O–H groups in total. The van der Waals surface area contributed by atoms with Crippen molar-refractivity contribution in [2.75, 3.05) is 5.73 Å². The highest BCUT2D eigenvalue weighted by Crippen LogP contribution is 2.36. The van der Waals surface area contributed by atoms with Crippen LogP contribution in [-0.2, 0) is 6.18 Å². The van der Waals surface area contributed by atoms with Crippen molar-refractivity contribution >= 4 is 5.82 Å². The first-order chi connectivity index (χ1) is 8.77. The van der Waals surface area contributed by atoms with Crippen LogP contribution in [0.15, 0.2) is 27.9 Å². The number of rotatable bonds is 1. The monoisotopic (exact) mass is 272 g/mol. The summed E-state index contributed by atoms with van der Waals surface area (Å²) in [7, 11) is 0. The number of H-pyrrole nitrogens is 2. The zero-order valence-corrected chi connectivity index (χ0v) is 9.21. The number of nitrogens with one attached hydrogen (secondary N) is 2. The number of halogens is 3. The van der Waals surface area contributed by atoms with Crippen LogP contribution in [0.3, 0.4) is 0 Å². The molecule has 0 bridgehead atoms. The minimum Gasteiger partial charge on any atom is -0.384 e. The summed E-state index contributed by atoms with van der Waals surface area (Å²) in [6, 6.07) is 1.47. The molecule has 6 nitrogen and oxygen atoms in total. The third kappa shape index (κ3) is 2.64. The van der Waals surface area contributed by atoms with Gasteiger partial charge in [-0.3, -0.25) is 9.78 Å². The molecule has 0 saturated heterocycles. The van der Waals surface area contributed by atoms with Gasteiger partial charge in [0, 0.05) is 17.8 Å². The maximum absolute atomic E-state index is 12.9. The van der Waals surface area contributed by atoms with Crippen LogP contribution < -0.4 is 17.0 Å². The molecule has 0 aliphatic heterocycles. The number of aromatic amines is 2. The SMILES string of the molecule is Nc1cc(C(F)(F)F)c(-c2cc(=O)[nH]c(=O)[nH]2)cn1. The topological polar surface area (TPSA) is 105 Å². The van der Waals surface area contributed by atoms with E-state index in [2.05, 4.69) is 9.97 Å². The number of anilines is 1. The van der Waals surface area contributed by atoms with Crippen LogP contribution in [-0.4, -0.2) is 15.0 Å². The minimum absolute atomic E-state index is 0.284. The Bertz CT molecular complexity index is 704. The normalized spacial score (nSPS) is 11.5. The van der Waals surface area contributed by atoms with E-state index in [0.717, 1.165) is 12.3 Å². The van der Waals surface area contributed by atoms with Gasteiger partial charge >= 0.3 is 11.9 Å². The average molecular weight is 272 g/mol. The molecule has 0 saturated carbocycles. The van der Waals surface area contributed by atoms with Crippen molar-refractivity contribution in [3.8, 4) is 11.3 Å². The van der Waals surface area contributed by atoms with E-state index < -0.39 is 28.6 Å². The number of hydrogen-bond acceptors (Lipinski definition) is 4. The van der Waals surface area contributed by atoms with E-state index in [0.29, 0.717) is 6.07 Å². The smallest absolute Gasteiger partial charge is 0.384 e. The molecule has 2 rings (SSSR count). The second-order valence-corrected chi connectivity index (χ2v) is 3.65. The van der Waals surface area contributed by atoms with E-state index in [4.69, 9.17) is 5.73 Å².